The maximum atomic E-state index is 14.5. The normalized spacial score (nSPS) is 14.0. The van der Waals surface area contributed by atoms with Crippen LogP contribution in [0.25, 0.3) is 10.9 Å². The fraction of sp³-hybridized carbons (Fsp3) is 0.240. The predicted molar refractivity (Wildman–Crippen MR) is 132 cm³/mol. The molecule has 5 rings (SSSR count). The van der Waals surface area contributed by atoms with E-state index in [1.54, 1.807) is 13.0 Å². The Balaban J connectivity index is 1.56. The first-order chi connectivity index (χ1) is 17.3. The predicted octanol–water partition coefficient (Wildman–Crippen LogP) is 3.98. The average molecular weight is 492 g/mol. The highest BCUT2D eigenvalue weighted by Gasteiger charge is 2.31. The second kappa shape index (κ2) is 8.99. The lowest BCUT2D eigenvalue weighted by Crippen LogP contribution is -2.29. The molecule has 2 aromatic heterocycles. The molecule has 1 fully saturated rings. The van der Waals surface area contributed by atoms with Crippen molar-refractivity contribution in [2.24, 2.45) is 0 Å². The molecule has 0 amide bonds. The van der Waals surface area contributed by atoms with Crippen LogP contribution in [0.3, 0.4) is 0 Å². The number of nitrogens with one attached hydrogen (secondary N) is 2. The molecule has 2 aromatic carbocycles. The Hall–Kier alpha value is -4.41. The van der Waals surface area contributed by atoms with Crippen molar-refractivity contribution in [2.45, 2.75) is 31.8 Å². The number of methoxy groups -OCH3 is 1. The molecule has 1 aliphatic carbocycles. The van der Waals surface area contributed by atoms with E-state index in [9.17, 15) is 13.6 Å². The first-order valence-electron chi connectivity index (χ1n) is 11.3. The molecular formula is C25H23F2N7O2. The molecule has 0 radical (unpaired) electrons. The maximum Gasteiger partial charge on any atom is 0.264 e. The molecule has 1 atom stereocenters. The Morgan fingerprint density at radius 3 is 2.69 bits per heavy atom. The zero-order chi connectivity index (χ0) is 25.6. The number of anilines is 2. The van der Waals surface area contributed by atoms with E-state index in [1.807, 2.05) is 0 Å². The summed E-state index contributed by atoms with van der Waals surface area (Å²) in [5, 5.41) is 11.8. The summed E-state index contributed by atoms with van der Waals surface area (Å²) >= 11 is 0. The Bertz CT molecular complexity index is 1570. The van der Waals surface area contributed by atoms with E-state index < -0.39 is 23.2 Å². The third kappa shape index (κ3) is 4.02. The topological polar surface area (TPSA) is 132 Å². The Morgan fingerprint density at radius 1 is 1.22 bits per heavy atom. The first-order valence-corrected chi connectivity index (χ1v) is 11.3. The Morgan fingerprint density at radius 2 is 2.00 bits per heavy atom. The number of fused-ring (bicyclic) bond motifs is 1. The molecule has 4 aromatic rings. The number of hydrogen-bond donors (Lipinski definition) is 3. The van der Waals surface area contributed by atoms with Crippen LogP contribution in [0.15, 0.2) is 47.5 Å². The molecule has 11 heteroatoms. The van der Waals surface area contributed by atoms with Crippen LogP contribution in [-0.2, 0) is 0 Å². The minimum Gasteiger partial charge on any atom is -0.494 e. The fourth-order valence-corrected chi connectivity index (χ4v) is 4.20. The Kier molecular flexibility index (Phi) is 5.83. The van der Waals surface area contributed by atoms with Crippen molar-refractivity contribution in [3.05, 3.63) is 81.7 Å². The highest BCUT2D eigenvalue weighted by molar-refractivity contribution is 6.16. The molecule has 1 aliphatic rings. The number of hydrogen-bond acceptors (Lipinski definition) is 8. The van der Waals surface area contributed by atoms with Crippen molar-refractivity contribution in [1.29, 1.82) is 5.41 Å². The molecule has 4 N–H and O–H groups in total. The summed E-state index contributed by atoms with van der Waals surface area (Å²) in [6, 6.07) is 7.83. The van der Waals surface area contributed by atoms with Gasteiger partial charge in [0.2, 0.25) is 0 Å². The summed E-state index contributed by atoms with van der Waals surface area (Å²) < 4.78 is 35.2. The number of nitrogens with zero attached hydrogens (tertiary/aromatic N) is 4. The molecule has 0 saturated heterocycles. The standard InChI is InChI=1S/C25H23F2N7O2/c1-12(24-33-17-5-3-4-15(26)19(17)25(35)34(24)14-7-8-14)32-23-20(22(29)30-11-31-23)21(28)13-6-9-18(36-2)16(27)10-13/h3-6,9-12,14,28H,7-8H2,1-2H3,(H3,29,30,31,32). The zero-order valence-corrected chi connectivity index (χ0v) is 19.5. The average Bonchev–Trinajstić information content (AvgIpc) is 3.68. The molecule has 0 aliphatic heterocycles. The van der Waals surface area contributed by atoms with E-state index >= 15 is 0 Å². The van der Waals surface area contributed by atoms with Crippen molar-refractivity contribution < 1.29 is 13.5 Å². The summed E-state index contributed by atoms with van der Waals surface area (Å²) in [4.78, 5) is 26.1. The van der Waals surface area contributed by atoms with E-state index in [-0.39, 0.29) is 51.2 Å². The second-order valence-electron chi connectivity index (χ2n) is 8.58. The summed E-state index contributed by atoms with van der Waals surface area (Å²) in [6.45, 7) is 1.78. The van der Waals surface area contributed by atoms with E-state index in [0.717, 1.165) is 12.8 Å². The first kappa shape index (κ1) is 23.3. The fourth-order valence-electron chi connectivity index (χ4n) is 4.20. The van der Waals surface area contributed by atoms with Gasteiger partial charge in [0.15, 0.2) is 11.6 Å². The van der Waals surface area contributed by atoms with Gasteiger partial charge >= 0.3 is 0 Å². The van der Waals surface area contributed by atoms with Crippen LogP contribution in [0.1, 0.15) is 48.8 Å². The SMILES string of the molecule is COc1ccc(C(=N)c2c(N)ncnc2NC(C)c2nc3cccc(F)c3c(=O)n2C2CC2)cc1F. The lowest BCUT2D eigenvalue weighted by molar-refractivity contribution is 0.386. The van der Waals surface area contributed by atoms with Gasteiger partial charge in [-0.3, -0.25) is 14.8 Å². The quantitative estimate of drug-likeness (QED) is 0.333. The van der Waals surface area contributed by atoms with Gasteiger partial charge in [0.25, 0.3) is 5.56 Å². The van der Waals surface area contributed by atoms with Gasteiger partial charge in [0.1, 0.15) is 35.0 Å². The van der Waals surface area contributed by atoms with Crippen LogP contribution >= 0.6 is 0 Å². The van der Waals surface area contributed by atoms with Crippen LogP contribution in [0.4, 0.5) is 20.4 Å². The lowest BCUT2D eigenvalue weighted by Gasteiger charge is -2.21. The van der Waals surface area contributed by atoms with Gasteiger partial charge in [-0.25, -0.2) is 23.7 Å². The monoisotopic (exact) mass is 491 g/mol. The molecule has 0 spiro atoms. The van der Waals surface area contributed by atoms with Crippen LogP contribution < -0.4 is 21.3 Å². The molecule has 184 valence electrons. The van der Waals surface area contributed by atoms with Gasteiger partial charge < -0.3 is 15.8 Å². The van der Waals surface area contributed by atoms with Crippen LogP contribution in [0.2, 0.25) is 0 Å². The smallest absolute Gasteiger partial charge is 0.264 e. The van der Waals surface area contributed by atoms with Crippen LogP contribution in [0, 0.1) is 17.0 Å². The van der Waals surface area contributed by atoms with Crippen molar-refractivity contribution in [3.8, 4) is 5.75 Å². The van der Waals surface area contributed by atoms with Gasteiger partial charge in [0, 0.05) is 11.6 Å². The van der Waals surface area contributed by atoms with Crippen molar-refractivity contribution in [3.63, 3.8) is 0 Å². The highest BCUT2D eigenvalue weighted by Crippen LogP contribution is 2.37. The van der Waals surface area contributed by atoms with Gasteiger partial charge in [-0.15, -0.1) is 0 Å². The number of halogens is 2. The number of benzene rings is 2. The van der Waals surface area contributed by atoms with E-state index in [1.165, 1.54) is 48.3 Å². The van der Waals surface area contributed by atoms with Crippen molar-refractivity contribution >= 4 is 28.3 Å². The minimum atomic E-state index is -0.626. The number of ether oxygens (including phenoxy) is 1. The summed E-state index contributed by atoms with van der Waals surface area (Å²) in [5.74, 6) is -0.545. The lowest BCUT2D eigenvalue weighted by atomic mass is 10.0. The third-order valence-electron chi connectivity index (χ3n) is 6.13. The minimum absolute atomic E-state index is 0.0223. The van der Waals surface area contributed by atoms with Gasteiger partial charge in [-0.05, 0) is 50.1 Å². The third-order valence-corrected chi connectivity index (χ3v) is 6.13. The van der Waals surface area contributed by atoms with Crippen molar-refractivity contribution in [2.75, 3.05) is 18.2 Å². The van der Waals surface area contributed by atoms with E-state index in [2.05, 4.69) is 20.3 Å². The van der Waals surface area contributed by atoms with Gasteiger partial charge in [-0.2, -0.15) is 0 Å². The summed E-state index contributed by atoms with van der Waals surface area (Å²) in [7, 11) is 1.35. The van der Waals surface area contributed by atoms with E-state index in [4.69, 9.17) is 15.9 Å². The number of nitrogens with two attached hydrogens (primary N) is 1. The summed E-state index contributed by atoms with van der Waals surface area (Å²) in [6.07, 6.45) is 2.83. The van der Waals surface area contributed by atoms with Crippen LogP contribution in [-0.4, -0.2) is 32.3 Å². The molecule has 0 bridgehead atoms. The van der Waals surface area contributed by atoms with Crippen molar-refractivity contribution in [1.82, 2.24) is 19.5 Å². The number of aromatic nitrogens is 4. The largest absolute Gasteiger partial charge is 0.494 e. The summed E-state index contributed by atoms with van der Waals surface area (Å²) in [5.41, 5.74) is 6.24. The molecule has 36 heavy (non-hydrogen) atoms. The van der Waals surface area contributed by atoms with Gasteiger partial charge in [0.05, 0.1) is 29.9 Å². The molecular weight excluding hydrogens is 468 g/mol. The zero-order valence-electron chi connectivity index (χ0n) is 19.5. The van der Waals surface area contributed by atoms with Crippen LogP contribution in [0.5, 0.6) is 5.75 Å². The molecule has 2 heterocycles. The molecule has 1 unspecified atom stereocenters. The van der Waals surface area contributed by atoms with Gasteiger partial charge in [-0.1, -0.05) is 6.07 Å². The maximum absolute atomic E-state index is 14.5. The highest BCUT2D eigenvalue weighted by atomic mass is 19.1. The molecule has 9 nitrogen and oxygen atoms in total. The number of nitrogen functional groups attached to an aromatic ring is 1. The van der Waals surface area contributed by atoms with E-state index in [0.29, 0.717) is 5.82 Å². The number of rotatable bonds is 7. The Labute approximate surface area is 204 Å². The molecule has 1 saturated carbocycles. The second-order valence-corrected chi connectivity index (χ2v) is 8.58.